The molecule has 0 spiro atoms. The van der Waals surface area contributed by atoms with Crippen molar-refractivity contribution in [3.8, 4) is 11.4 Å². The quantitative estimate of drug-likeness (QED) is 0.474. The fraction of sp³-hybridized carbons (Fsp3) is 0.292. The molecule has 0 bridgehead atoms. The summed E-state index contributed by atoms with van der Waals surface area (Å²) in [5, 5.41) is 15.9. The van der Waals surface area contributed by atoms with Gasteiger partial charge in [0.1, 0.15) is 24.0 Å². The smallest absolute Gasteiger partial charge is 0.336 e. The molecule has 0 saturated carbocycles. The van der Waals surface area contributed by atoms with Crippen LogP contribution in [0.25, 0.3) is 16.7 Å². The van der Waals surface area contributed by atoms with Crippen LogP contribution in [0.2, 0.25) is 0 Å². The number of phenolic OH excluding ortho intramolecular Hbond substituents is 1. The zero-order valence-electron chi connectivity index (χ0n) is 18.2. The van der Waals surface area contributed by atoms with Crippen LogP contribution in [0, 0.1) is 6.92 Å². The van der Waals surface area contributed by atoms with E-state index in [1.54, 1.807) is 11.0 Å². The zero-order valence-corrected chi connectivity index (χ0v) is 18.2. The number of aromatic hydroxyl groups is 1. The molecule has 2 aromatic heterocycles. The first-order valence-corrected chi connectivity index (χ1v) is 10.3. The number of benzene rings is 2. The highest BCUT2D eigenvalue weighted by atomic mass is 16.4. The maximum atomic E-state index is 12.0. The minimum absolute atomic E-state index is 0.0704. The third-order valence-electron chi connectivity index (χ3n) is 5.90. The van der Waals surface area contributed by atoms with Crippen LogP contribution >= 0.6 is 0 Å². The number of hydrogen-bond donors (Lipinski definition) is 1. The molecule has 0 saturated heterocycles. The second-order valence-electron chi connectivity index (χ2n) is 7.86. The van der Waals surface area contributed by atoms with Crippen LogP contribution in [0.15, 0.2) is 58.3 Å². The number of rotatable bonds is 6. The Labute approximate surface area is 180 Å². The number of fused-ring (bicyclic) bond motifs is 1. The van der Waals surface area contributed by atoms with E-state index in [0.29, 0.717) is 24.1 Å². The van der Waals surface area contributed by atoms with E-state index in [4.69, 9.17) is 4.42 Å². The molecule has 1 atom stereocenters. The molecule has 0 aliphatic heterocycles. The minimum Gasteiger partial charge on any atom is -0.507 e. The van der Waals surface area contributed by atoms with Crippen LogP contribution in [-0.4, -0.2) is 31.8 Å². The Kier molecular flexibility index (Phi) is 5.61. The first-order valence-electron chi connectivity index (χ1n) is 10.3. The second-order valence-corrected chi connectivity index (χ2v) is 7.86. The van der Waals surface area contributed by atoms with Crippen molar-refractivity contribution in [2.75, 3.05) is 7.05 Å². The monoisotopic (exact) mass is 418 g/mol. The third-order valence-corrected chi connectivity index (χ3v) is 5.90. The molecule has 4 rings (SSSR count). The van der Waals surface area contributed by atoms with Gasteiger partial charge >= 0.3 is 5.63 Å². The van der Waals surface area contributed by atoms with E-state index in [9.17, 15) is 9.90 Å². The fourth-order valence-electron chi connectivity index (χ4n) is 3.87. The Morgan fingerprint density at radius 3 is 2.61 bits per heavy atom. The first-order chi connectivity index (χ1) is 14.9. The lowest BCUT2D eigenvalue weighted by Gasteiger charge is -2.26. The standard InChI is InChI=1S/C24H26N4O3/c1-5-17-11-20-15(2)10-22(29)31-24(20)21(23(17)30)12-27(4)16(3)18-6-8-19(9-7-18)28-14-25-13-26-28/h6-11,13-14,16,30H,5,12H2,1-4H3/t16-/m0/s1. The molecule has 160 valence electrons. The summed E-state index contributed by atoms with van der Waals surface area (Å²) in [6, 6.07) is 11.6. The number of hydrogen-bond acceptors (Lipinski definition) is 6. The maximum absolute atomic E-state index is 12.0. The van der Waals surface area contributed by atoms with Gasteiger partial charge in [-0.2, -0.15) is 5.10 Å². The van der Waals surface area contributed by atoms with E-state index in [1.807, 2.05) is 39.1 Å². The molecule has 1 N–H and O–H groups in total. The van der Waals surface area contributed by atoms with Crippen molar-refractivity contribution >= 4 is 11.0 Å². The molecule has 0 aliphatic rings. The normalized spacial score (nSPS) is 12.5. The molecule has 0 fully saturated rings. The molecule has 0 radical (unpaired) electrons. The highest BCUT2D eigenvalue weighted by Gasteiger charge is 2.20. The molecular weight excluding hydrogens is 392 g/mol. The van der Waals surface area contributed by atoms with Gasteiger partial charge in [0.05, 0.1) is 11.3 Å². The van der Waals surface area contributed by atoms with Crippen molar-refractivity contribution < 1.29 is 9.52 Å². The summed E-state index contributed by atoms with van der Waals surface area (Å²) < 4.78 is 7.25. The highest BCUT2D eigenvalue weighted by molar-refractivity contribution is 5.86. The van der Waals surface area contributed by atoms with Crippen molar-refractivity contribution in [3.63, 3.8) is 0 Å². The molecule has 2 aromatic carbocycles. The lowest BCUT2D eigenvalue weighted by Crippen LogP contribution is -2.22. The van der Waals surface area contributed by atoms with Crippen molar-refractivity contribution in [2.45, 2.75) is 39.8 Å². The number of nitrogens with zero attached hydrogens (tertiary/aromatic N) is 4. The van der Waals surface area contributed by atoms with Gasteiger partial charge in [0.15, 0.2) is 0 Å². The average molecular weight is 418 g/mol. The predicted octanol–water partition coefficient (Wildman–Crippen LogP) is 4.14. The molecular formula is C24H26N4O3. The van der Waals surface area contributed by atoms with E-state index >= 15 is 0 Å². The van der Waals surface area contributed by atoms with Gasteiger partial charge in [0.2, 0.25) is 0 Å². The van der Waals surface area contributed by atoms with E-state index in [2.05, 4.69) is 34.0 Å². The number of aryl methyl sites for hydroxylation is 2. The van der Waals surface area contributed by atoms with Crippen LogP contribution < -0.4 is 5.63 Å². The van der Waals surface area contributed by atoms with Crippen molar-refractivity contribution in [1.82, 2.24) is 19.7 Å². The molecule has 0 unspecified atom stereocenters. The van der Waals surface area contributed by atoms with Gasteiger partial charge in [-0.25, -0.2) is 14.5 Å². The summed E-state index contributed by atoms with van der Waals surface area (Å²) in [5.74, 6) is 0.198. The zero-order chi connectivity index (χ0) is 22.1. The van der Waals surface area contributed by atoms with Crippen LogP contribution in [0.3, 0.4) is 0 Å². The van der Waals surface area contributed by atoms with Crippen LogP contribution in [0.5, 0.6) is 5.75 Å². The van der Waals surface area contributed by atoms with E-state index in [0.717, 1.165) is 27.8 Å². The molecule has 2 heterocycles. The summed E-state index contributed by atoms with van der Waals surface area (Å²) in [4.78, 5) is 18.1. The summed E-state index contributed by atoms with van der Waals surface area (Å²) >= 11 is 0. The topological polar surface area (TPSA) is 84.4 Å². The lowest BCUT2D eigenvalue weighted by molar-refractivity contribution is 0.249. The first kappa shape index (κ1) is 20.8. The Balaban J connectivity index is 1.67. The minimum atomic E-state index is -0.408. The molecule has 4 aromatic rings. The van der Waals surface area contributed by atoms with E-state index < -0.39 is 5.63 Å². The fourth-order valence-corrected chi connectivity index (χ4v) is 3.87. The van der Waals surface area contributed by atoms with Gasteiger partial charge in [0, 0.05) is 24.0 Å². The lowest BCUT2D eigenvalue weighted by atomic mass is 9.99. The number of aromatic nitrogens is 3. The van der Waals surface area contributed by atoms with Crippen LogP contribution in [-0.2, 0) is 13.0 Å². The SMILES string of the molecule is CCc1cc2c(C)cc(=O)oc2c(CN(C)[C@@H](C)c2ccc(-n3cncn3)cc2)c1O. The molecule has 0 aliphatic carbocycles. The Morgan fingerprint density at radius 1 is 1.23 bits per heavy atom. The summed E-state index contributed by atoms with van der Waals surface area (Å²) in [6.45, 7) is 6.44. The van der Waals surface area contributed by atoms with Crippen molar-refractivity contribution in [1.29, 1.82) is 0 Å². The highest BCUT2D eigenvalue weighted by Crippen LogP contribution is 2.34. The molecule has 0 amide bonds. The van der Waals surface area contributed by atoms with E-state index in [-0.39, 0.29) is 11.8 Å². The number of phenols is 1. The van der Waals surface area contributed by atoms with Gasteiger partial charge in [-0.3, -0.25) is 4.90 Å². The Bertz CT molecular complexity index is 1260. The molecule has 7 heteroatoms. The maximum Gasteiger partial charge on any atom is 0.336 e. The summed E-state index contributed by atoms with van der Waals surface area (Å²) in [7, 11) is 1.99. The van der Waals surface area contributed by atoms with Gasteiger partial charge in [-0.15, -0.1) is 0 Å². The predicted molar refractivity (Wildman–Crippen MR) is 120 cm³/mol. The van der Waals surface area contributed by atoms with Crippen LogP contribution in [0.1, 0.15) is 42.1 Å². The largest absolute Gasteiger partial charge is 0.507 e. The van der Waals surface area contributed by atoms with Gasteiger partial charge in [-0.1, -0.05) is 19.1 Å². The molecule has 7 nitrogen and oxygen atoms in total. The van der Waals surface area contributed by atoms with Gasteiger partial charge < -0.3 is 9.52 Å². The van der Waals surface area contributed by atoms with Crippen molar-refractivity contribution in [3.05, 3.63) is 81.7 Å². The van der Waals surface area contributed by atoms with Gasteiger partial charge in [0.25, 0.3) is 0 Å². The van der Waals surface area contributed by atoms with E-state index in [1.165, 1.54) is 12.4 Å². The van der Waals surface area contributed by atoms with Crippen molar-refractivity contribution in [2.24, 2.45) is 0 Å². The van der Waals surface area contributed by atoms with Crippen LogP contribution in [0.4, 0.5) is 0 Å². The third kappa shape index (κ3) is 3.96. The molecule has 31 heavy (non-hydrogen) atoms. The second kappa shape index (κ2) is 8.35. The Morgan fingerprint density at radius 2 is 1.97 bits per heavy atom. The average Bonchev–Trinajstić information content (AvgIpc) is 3.30. The summed E-state index contributed by atoms with van der Waals surface area (Å²) in [6.07, 6.45) is 3.86. The van der Waals surface area contributed by atoms with Gasteiger partial charge in [-0.05, 0) is 62.2 Å². The summed E-state index contributed by atoms with van der Waals surface area (Å²) in [5.41, 5.74) is 4.45. The Hall–Kier alpha value is -3.45.